The third kappa shape index (κ3) is 2.77. The Kier molecular flexibility index (Phi) is 3.76. The predicted molar refractivity (Wildman–Crippen MR) is 91.6 cm³/mol. The van der Waals surface area contributed by atoms with Crippen molar-refractivity contribution in [2.45, 2.75) is 6.54 Å². The van der Waals surface area contributed by atoms with Crippen molar-refractivity contribution in [3.8, 4) is 0 Å². The summed E-state index contributed by atoms with van der Waals surface area (Å²) in [6, 6.07) is 9.43. The lowest BCUT2D eigenvalue weighted by Gasteiger charge is -2.01. The van der Waals surface area contributed by atoms with Crippen LogP contribution in [0.25, 0.3) is 11.0 Å². The number of pyridine rings is 2. The molecule has 4 heterocycles. The van der Waals surface area contributed by atoms with Gasteiger partial charge in [-0.3, -0.25) is 9.78 Å². The summed E-state index contributed by atoms with van der Waals surface area (Å²) in [6.07, 6.45) is 7.00. The van der Waals surface area contributed by atoms with Gasteiger partial charge in [-0.15, -0.1) is 11.3 Å². The summed E-state index contributed by atoms with van der Waals surface area (Å²) >= 11 is 1.42. The van der Waals surface area contributed by atoms with Gasteiger partial charge in [0.15, 0.2) is 4.80 Å². The maximum Gasteiger partial charge on any atom is 0.281 e. The van der Waals surface area contributed by atoms with Crippen LogP contribution < -0.4 is 4.80 Å². The summed E-state index contributed by atoms with van der Waals surface area (Å²) < 4.78 is 1.91. The molecule has 0 fully saturated rings. The third-order valence-corrected chi connectivity index (χ3v) is 4.39. The number of aromatic nitrogens is 4. The summed E-state index contributed by atoms with van der Waals surface area (Å²) in [5, 5.41) is 2.69. The van der Waals surface area contributed by atoms with E-state index in [1.807, 2.05) is 40.4 Å². The Labute approximate surface area is 141 Å². The highest BCUT2D eigenvalue weighted by atomic mass is 32.1. The van der Waals surface area contributed by atoms with Crippen LogP contribution in [0.15, 0.2) is 65.5 Å². The van der Waals surface area contributed by atoms with Crippen LogP contribution in [0, 0.1) is 0 Å². The van der Waals surface area contributed by atoms with Crippen molar-refractivity contribution in [2.75, 3.05) is 0 Å². The smallest absolute Gasteiger partial charge is 0.281 e. The SMILES string of the molecule is O=C(/N=c1\sccn1Cc1ccccn1)c1c[nH]c2ncccc12. The molecule has 7 heteroatoms. The van der Waals surface area contributed by atoms with E-state index in [0.29, 0.717) is 22.6 Å². The second-order valence-corrected chi connectivity index (χ2v) is 6.03. The average molecular weight is 335 g/mol. The largest absolute Gasteiger partial charge is 0.345 e. The van der Waals surface area contributed by atoms with Gasteiger partial charge in [0.05, 0.1) is 17.8 Å². The molecule has 0 bridgehead atoms. The number of amides is 1. The number of rotatable bonds is 3. The molecule has 4 aromatic rings. The Bertz CT molecular complexity index is 1060. The van der Waals surface area contributed by atoms with Crippen molar-refractivity contribution in [3.05, 3.63) is 76.6 Å². The third-order valence-electron chi connectivity index (χ3n) is 3.60. The molecular formula is C17H13N5OS. The van der Waals surface area contributed by atoms with Gasteiger partial charge < -0.3 is 9.55 Å². The van der Waals surface area contributed by atoms with Crippen LogP contribution in [0.1, 0.15) is 16.1 Å². The van der Waals surface area contributed by atoms with E-state index in [4.69, 9.17) is 0 Å². The second kappa shape index (κ2) is 6.21. The molecular weight excluding hydrogens is 322 g/mol. The molecule has 0 aliphatic rings. The fourth-order valence-electron chi connectivity index (χ4n) is 2.45. The minimum Gasteiger partial charge on any atom is -0.345 e. The van der Waals surface area contributed by atoms with Gasteiger partial charge in [-0.1, -0.05) is 6.07 Å². The van der Waals surface area contributed by atoms with E-state index in [1.165, 1.54) is 11.3 Å². The Morgan fingerprint density at radius 3 is 3.00 bits per heavy atom. The number of hydrogen-bond acceptors (Lipinski definition) is 4. The molecule has 0 radical (unpaired) electrons. The second-order valence-electron chi connectivity index (χ2n) is 5.15. The van der Waals surface area contributed by atoms with E-state index >= 15 is 0 Å². The fraction of sp³-hybridized carbons (Fsp3) is 0.0588. The Morgan fingerprint density at radius 1 is 1.21 bits per heavy atom. The van der Waals surface area contributed by atoms with E-state index < -0.39 is 0 Å². The van der Waals surface area contributed by atoms with Crippen LogP contribution in [0.5, 0.6) is 0 Å². The monoisotopic (exact) mass is 335 g/mol. The molecule has 0 aliphatic carbocycles. The predicted octanol–water partition coefficient (Wildman–Crippen LogP) is 2.61. The van der Waals surface area contributed by atoms with E-state index in [0.717, 1.165) is 11.1 Å². The summed E-state index contributed by atoms with van der Waals surface area (Å²) in [5.74, 6) is -0.286. The van der Waals surface area contributed by atoms with Gasteiger partial charge in [-0.05, 0) is 24.3 Å². The number of aromatic amines is 1. The zero-order valence-electron chi connectivity index (χ0n) is 12.6. The molecule has 4 aromatic heterocycles. The number of fused-ring (bicyclic) bond motifs is 1. The lowest BCUT2D eigenvalue weighted by Crippen LogP contribution is -2.17. The van der Waals surface area contributed by atoms with Crippen LogP contribution in [0.3, 0.4) is 0 Å². The van der Waals surface area contributed by atoms with Crippen LogP contribution in [-0.4, -0.2) is 25.4 Å². The molecule has 0 aromatic carbocycles. The van der Waals surface area contributed by atoms with Crippen molar-refractivity contribution >= 4 is 28.3 Å². The van der Waals surface area contributed by atoms with Crippen LogP contribution in [0.2, 0.25) is 0 Å². The number of H-pyrrole nitrogens is 1. The van der Waals surface area contributed by atoms with Crippen molar-refractivity contribution < 1.29 is 4.79 Å². The Balaban J connectivity index is 1.69. The zero-order chi connectivity index (χ0) is 16.4. The van der Waals surface area contributed by atoms with Crippen LogP contribution >= 0.6 is 11.3 Å². The molecule has 0 saturated heterocycles. The lowest BCUT2D eigenvalue weighted by molar-refractivity contribution is 0.0999. The molecule has 118 valence electrons. The first-order valence-corrected chi connectivity index (χ1v) is 8.24. The highest BCUT2D eigenvalue weighted by molar-refractivity contribution is 7.07. The highest BCUT2D eigenvalue weighted by Gasteiger charge is 2.12. The summed E-state index contributed by atoms with van der Waals surface area (Å²) in [6.45, 7) is 0.575. The first kappa shape index (κ1) is 14.5. The molecule has 1 amide bonds. The Morgan fingerprint density at radius 2 is 2.12 bits per heavy atom. The standard InChI is InChI=1S/C17H13N5OS/c23-16(14-10-20-15-13(14)5-3-7-19-15)21-17-22(8-9-24-17)11-12-4-1-2-6-18-12/h1-10H,11H2,(H,19,20)/b21-17-. The molecule has 0 saturated carbocycles. The minimum atomic E-state index is -0.286. The zero-order valence-corrected chi connectivity index (χ0v) is 13.4. The topological polar surface area (TPSA) is 75.9 Å². The van der Waals surface area contributed by atoms with Gasteiger partial charge in [0.25, 0.3) is 5.91 Å². The summed E-state index contributed by atoms with van der Waals surface area (Å²) in [5.41, 5.74) is 2.13. The van der Waals surface area contributed by atoms with E-state index in [2.05, 4.69) is 19.9 Å². The highest BCUT2D eigenvalue weighted by Crippen LogP contribution is 2.16. The van der Waals surface area contributed by atoms with Gasteiger partial charge in [0.1, 0.15) is 5.65 Å². The van der Waals surface area contributed by atoms with E-state index in [1.54, 1.807) is 24.7 Å². The van der Waals surface area contributed by atoms with Gasteiger partial charge in [0.2, 0.25) is 0 Å². The van der Waals surface area contributed by atoms with Gasteiger partial charge in [-0.2, -0.15) is 4.99 Å². The van der Waals surface area contributed by atoms with Crippen LogP contribution in [-0.2, 0) is 6.54 Å². The minimum absolute atomic E-state index is 0.286. The van der Waals surface area contributed by atoms with Crippen LogP contribution in [0.4, 0.5) is 0 Å². The number of thiazole rings is 1. The molecule has 0 unspecified atom stereocenters. The first-order valence-electron chi connectivity index (χ1n) is 7.36. The number of carbonyl (C=O) groups excluding carboxylic acids is 1. The van der Waals surface area contributed by atoms with Crippen molar-refractivity contribution in [3.63, 3.8) is 0 Å². The summed E-state index contributed by atoms with van der Waals surface area (Å²) in [4.78, 5) is 29.0. The molecule has 0 spiro atoms. The van der Waals surface area contributed by atoms with Gasteiger partial charge >= 0.3 is 0 Å². The molecule has 6 nitrogen and oxygen atoms in total. The summed E-state index contributed by atoms with van der Waals surface area (Å²) in [7, 11) is 0. The first-order chi connectivity index (χ1) is 11.8. The average Bonchev–Trinajstić information content (AvgIpc) is 3.23. The van der Waals surface area contributed by atoms with Crippen molar-refractivity contribution in [2.24, 2.45) is 4.99 Å². The molecule has 1 N–H and O–H groups in total. The van der Waals surface area contributed by atoms with Crippen molar-refractivity contribution in [1.29, 1.82) is 0 Å². The van der Waals surface area contributed by atoms with E-state index in [9.17, 15) is 4.79 Å². The normalized spacial score (nSPS) is 11.9. The molecule has 0 atom stereocenters. The van der Waals surface area contributed by atoms with E-state index in [-0.39, 0.29) is 5.91 Å². The quantitative estimate of drug-likeness (QED) is 0.625. The van der Waals surface area contributed by atoms with Gasteiger partial charge in [0, 0.05) is 35.6 Å². The van der Waals surface area contributed by atoms with Crippen molar-refractivity contribution in [1.82, 2.24) is 19.5 Å². The molecule has 24 heavy (non-hydrogen) atoms. The maximum atomic E-state index is 12.6. The number of nitrogens with zero attached hydrogens (tertiary/aromatic N) is 4. The molecule has 4 rings (SSSR count). The Hall–Kier alpha value is -3.06. The fourth-order valence-corrected chi connectivity index (χ4v) is 3.18. The lowest BCUT2D eigenvalue weighted by atomic mass is 10.2. The number of nitrogens with one attached hydrogen (secondary N) is 1. The molecule has 0 aliphatic heterocycles. The maximum absolute atomic E-state index is 12.6. The number of carbonyl (C=O) groups is 1. The van der Waals surface area contributed by atoms with Gasteiger partial charge in [-0.25, -0.2) is 4.98 Å². The number of hydrogen-bond donors (Lipinski definition) is 1.